The van der Waals surface area contributed by atoms with Gasteiger partial charge >= 0.3 is 11.9 Å². The Morgan fingerprint density at radius 2 is 1.58 bits per heavy atom. The Bertz CT molecular complexity index is 932. The van der Waals surface area contributed by atoms with Crippen molar-refractivity contribution in [3.8, 4) is 0 Å². The van der Waals surface area contributed by atoms with Gasteiger partial charge in [0, 0.05) is 26.2 Å². The van der Waals surface area contributed by atoms with Crippen LogP contribution in [0.15, 0.2) is 29.2 Å². The van der Waals surface area contributed by atoms with Crippen LogP contribution < -0.4 is 0 Å². The van der Waals surface area contributed by atoms with Crippen molar-refractivity contribution in [3.05, 3.63) is 29.8 Å². The van der Waals surface area contributed by atoms with Gasteiger partial charge in [-0.15, -0.1) is 0 Å². The second-order valence-corrected chi connectivity index (χ2v) is 10.3. The minimum Gasteiger partial charge on any atom is -0.466 e. The van der Waals surface area contributed by atoms with Crippen LogP contribution in [0.3, 0.4) is 0 Å². The number of amides is 1. The quantitative estimate of drug-likeness (QED) is 0.521. The number of likely N-dealkylation sites (tertiary alicyclic amines) is 1. The third-order valence-corrected chi connectivity index (χ3v) is 7.96. The van der Waals surface area contributed by atoms with Crippen LogP contribution in [0, 0.1) is 5.92 Å². The van der Waals surface area contributed by atoms with Crippen molar-refractivity contribution < 1.29 is 32.3 Å². The van der Waals surface area contributed by atoms with Crippen LogP contribution in [0.2, 0.25) is 0 Å². The molecule has 10 heteroatoms. The number of sulfonamides is 1. The van der Waals surface area contributed by atoms with Gasteiger partial charge in [-0.3, -0.25) is 14.4 Å². The molecule has 0 saturated carbocycles. The Hall–Kier alpha value is -2.46. The minimum absolute atomic E-state index is 0.0533. The summed E-state index contributed by atoms with van der Waals surface area (Å²) < 4.78 is 37.1. The average Bonchev–Trinajstić information content (AvgIpc) is 2.83. The summed E-state index contributed by atoms with van der Waals surface area (Å²) in [6.07, 6.45) is 3.79. The minimum atomic E-state index is -3.52. The van der Waals surface area contributed by atoms with Crippen molar-refractivity contribution in [2.75, 3.05) is 39.4 Å². The fourth-order valence-electron chi connectivity index (χ4n) is 4.11. The molecule has 2 aliphatic heterocycles. The molecule has 33 heavy (non-hydrogen) atoms. The van der Waals surface area contributed by atoms with E-state index in [4.69, 9.17) is 9.47 Å². The van der Waals surface area contributed by atoms with Gasteiger partial charge < -0.3 is 14.4 Å². The summed E-state index contributed by atoms with van der Waals surface area (Å²) in [5, 5.41) is 0. The molecule has 1 aromatic carbocycles. The second-order valence-electron chi connectivity index (χ2n) is 8.35. The number of ether oxygens (including phenoxy) is 2. The SMILES string of the molecule is CCOC(=O)C1CCN(C(=O)COC(=O)Cc2ccc(S(=O)(=O)N3CCCCC3)cc2)CC1. The summed E-state index contributed by atoms with van der Waals surface area (Å²) in [5.41, 5.74) is 0.611. The number of rotatable bonds is 8. The highest BCUT2D eigenvalue weighted by Crippen LogP contribution is 2.21. The number of hydrogen-bond donors (Lipinski definition) is 0. The third kappa shape index (κ3) is 6.77. The maximum Gasteiger partial charge on any atom is 0.310 e. The van der Waals surface area contributed by atoms with E-state index >= 15 is 0 Å². The lowest BCUT2D eigenvalue weighted by molar-refractivity contribution is -0.154. The first-order chi connectivity index (χ1) is 15.8. The highest BCUT2D eigenvalue weighted by molar-refractivity contribution is 7.89. The van der Waals surface area contributed by atoms with Gasteiger partial charge in [-0.25, -0.2) is 8.42 Å². The van der Waals surface area contributed by atoms with Gasteiger partial charge in [0.15, 0.2) is 6.61 Å². The zero-order valence-corrected chi connectivity index (χ0v) is 19.8. The Kier molecular flexibility index (Phi) is 8.85. The van der Waals surface area contributed by atoms with Crippen molar-refractivity contribution in [1.29, 1.82) is 0 Å². The van der Waals surface area contributed by atoms with Gasteiger partial charge in [0.05, 0.1) is 23.8 Å². The summed E-state index contributed by atoms with van der Waals surface area (Å²) in [7, 11) is -3.52. The van der Waals surface area contributed by atoms with E-state index in [2.05, 4.69) is 0 Å². The molecule has 1 aromatic rings. The van der Waals surface area contributed by atoms with Crippen LogP contribution in [-0.4, -0.2) is 74.9 Å². The molecule has 0 unspecified atom stereocenters. The maximum atomic E-state index is 12.7. The molecule has 1 amide bonds. The number of esters is 2. The topological polar surface area (TPSA) is 110 Å². The lowest BCUT2D eigenvalue weighted by Gasteiger charge is -2.30. The molecule has 0 spiro atoms. The molecule has 9 nitrogen and oxygen atoms in total. The van der Waals surface area contributed by atoms with E-state index in [-0.39, 0.29) is 35.7 Å². The molecule has 2 aliphatic rings. The predicted molar refractivity (Wildman–Crippen MR) is 120 cm³/mol. The molecule has 0 aliphatic carbocycles. The smallest absolute Gasteiger partial charge is 0.310 e. The molecule has 3 rings (SSSR count). The maximum absolute atomic E-state index is 12.7. The van der Waals surface area contributed by atoms with E-state index < -0.39 is 16.0 Å². The summed E-state index contributed by atoms with van der Waals surface area (Å²) in [6, 6.07) is 6.21. The van der Waals surface area contributed by atoms with E-state index in [1.807, 2.05) is 0 Å². The Morgan fingerprint density at radius 3 is 2.18 bits per heavy atom. The van der Waals surface area contributed by atoms with E-state index in [0.717, 1.165) is 19.3 Å². The first-order valence-electron chi connectivity index (χ1n) is 11.5. The molecule has 0 bridgehead atoms. The summed E-state index contributed by atoms with van der Waals surface area (Å²) in [4.78, 5) is 38.1. The average molecular weight is 481 g/mol. The molecule has 2 heterocycles. The van der Waals surface area contributed by atoms with Crippen molar-refractivity contribution in [2.24, 2.45) is 5.92 Å². The molecule has 182 valence electrons. The van der Waals surface area contributed by atoms with Gasteiger partial charge in [-0.1, -0.05) is 18.6 Å². The summed E-state index contributed by atoms with van der Waals surface area (Å²) in [5.74, 6) is -1.28. The van der Waals surface area contributed by atoms with E-state index in [9.17, 15) is 22.8 Å². The normalized spacial score (nSPS) is 18.0. The predicted octanol–water partition coefficient (Wildman–Crippen LogP) is 1.75. The second kappa shape index (κ2) is 11.6. The number of carbonyl (C=O) groups excluding carboxylic acids is 3. The van der Waals surface area contributed by atoms with Gasteiger partial charge in [-0.2, -0.15) is 4.31 Å². The number of benzene rings is 1. The van der Waals surface area contributed by atoms with Crippen molar-refractivity contribution in [3.63, 3.8) is 0 Å². The lowest BCUT2D eigenvalue weighted by Crippen LogP contribution is -2.42. The summed E-state index contributed by atoms with van der Waals surface area (Å²) >= 11 is 0. The van der Waals surface area contributed by atoms with Gasteiger partial charge in [0.25, 0.3) is 5.91 Å². The number of hydrogen-bond acceptors (Lipinski definition) is 7. The molecule has 0 atom stereocenters. The van der Waals surface area contributed by atoms with Crippen molar-refractivity contribution in [1.82, 2.24) is 9.21 Å². The van der Waals surface area contributed by atoms with E-state index in [0.29, 0.717) is 51.2 Å². The summed E-state index contributed by atoms with van der Waals surface area (Å²) in [6.45, 7) is 3.65. The fourth-order valence-corrected chi connectivity index (χ4v) is 5.63. The zero-order valence-electron chi connectivity index (χ0n) is 19.0. The third-order valence-electron chi connectivity index (χ3n) is 6.05. The number of piperidine rings is 2. The Morgan fingerprint density at radius 1 is 0.939 bits per heavy atom. The lowest BCUT2D eigenvalue weighted by atomic mass is 9.97. The van der Waals surface area contributed by atoms with E-state index in [1.54, 1.807) is 24.0 Å². The number of carbonyl (C=O) groups is 3. The van der Waals surface area contributed by atoms with Crippen molar-refractivity contribution >= 4 is 27.9 Å². The molecule has 0 radical (unpaired) electrons. The first kappa shape index (κ1) is 25.2. The highest BCUT2D eigenvalue weighted by Gasteiger charge is 2.29. The highest BCUT2D eigenvalue weighted by atomic mass is 32.2. The molecule has 0 N–H and O–H groups in total. The Balaban J connectivity index is 1.43. The molecule has 0 aromatic heterocycles. The van der Waals surface area contributed by atoms with Gasteiger partial charge in [0.1, 0.15) is 0 Å². The fraction of sp³-hybridized carbons (Fsp3) is 0.609. The van der Waals surface area contributed by atoms with Crippen LogP contribution >= 0.6 is 0 Å². The molecular formula is C23H32N2O7S. The first-order valence-corrected chi connectivity index (χ1v) is 12.9. The standard InChI is InChI=1S/C23H32N2O7S/c1-2-31-23(28)19-10-14-24(15-11-19)21(26)17-32-22(27)16-18-6-8-20(9-7-18)33(29,30)25-12-4-3-5-13-25/h6-9,19H,2-5,10-17H2,1H3. The number of nitrogens with zero attached hydrogens (tertiary/aromatic N) is 2. The molecule has 2 fully saturated rings. The van der Waals surface area contributed by atoms with Gasteiger partial charge in [-0.05, 0) is 50.3 Å². The van der Waals surface area contributed by atoms with Crippen LogP contribution in [-0.2, 0) is 40.3 Å². The van der Waals surface area contributed by atoms with Crippen LogP contribution in [0.1, 0.15) is 44.6 Å². The van der Waals surface area contributed by atoms with Crippen LogP contribution in [0.5, 0.6) is 0 Å². The van der Waals surface area contributed by atoms with Crippen LogP contribution in [0.4, 0.5) is 0 Å². The molecule has 2 saturated heterocycles. The Labute approximate surface area is 195 Å². The van der Waals surface area contributed by atoms with Crippen molar-refractivity contribution in [2.45, 2.75) is 50.3 Å². The monoisotopic (exact) mass is 480 g/mol. The van der Waals surface area contributed by atoms with Gasteiger partial charge in [0.2, 0.25) is 10.0 Å². The van der Waals surface area contributed by atoms with E-state index in [1.165, 1.54) is 16.4 Å². The van der Waals surface area contributed by atoms with Crippen LogP contribution in [0.25, 0.3) is 0 Å². The molecular weight excluding hydrogens is 448 g/mol. The zero-order chi connectivity index (χ0) is 23.8. The largest absolute Gasteiger partial charge is 0.466 e.